The van der Waals surface area contributed by atoms with Gasteiger partial charge in [-0.05, 0) is 43.0 Å². The van der Waals surface area contributed by atoms with E-state index in [9.17, 15) is 17.6 Å². The minimum atomic E-state index is -1.28. The topological polar surface area (TPSA) is 108 Å². The third-order valence-electron chi connectivity index (χ3n) is 6.70. The van der Waals surface area contributed by atoms with Crippen LogP contribution in [-0.4, -0.2) is 49.6 Å². The lowest BCUT2D eigenvalue weighted by atomic mass is 10.0. The number of nitrogens with zero attached hydrogens (tertiary/aromatic N) is 8. The molecule has 4 aromatic rings. The summed E-state index contributed by atoms with van der Waals surface area (Å²) in [5, 5.41) is 24.8. The summed E-state index contributed by atoms with van der Waals surface area (Å²) in [6.45, 7) is 1.99. The van der Waals surface area contributed by atoms with Crippen LogP contribution in [0.4, 0.5) is 23.4 Å². The van der Waals surface area contributed by atoms with Crippen LogP contribution < -0.4 is 10.6 Å². The van der Waals surface area contributed by atoms with Gasteiger partial charge in [0.1, 0.15) is 23.3 Å². The summed E-state index contributed by atoms with van der Waals surface area (Å²) < 4.78 is 58.6. The number of hydrogen-bond donors (Lipinski definition) is 2. The Bertz CT molecular complexity index is 1640. The van der Waals surface area contributed by atoms with E-state index in [1.165, 1.54) is 52.3 Å². The molecule has 2 aliphatic rings. The average molecular weight is 551 g/mol. The second-order valence-electron chi connectivity index (χ2n) is 9.13. The predicted molar refractivity (Wildman–Crippen MR) is 138 cm³/mol. The molecule has 2 atom stereocenters. The number of dihydropyridines is 1. The summed E-state index contributed by atoms with van der Waals surface area (Å²) in [5.74, 6) is -3.75. The number of halogens is 4. The molecule has 2 N–H and O–H groups in total. The third kappa shape index (κ3) is 4.35. The molecule has 0 fully saturated rings. The van der Waals surface area contributed by atoms with E-state index in [0.29, 0.717) is 23.3 Å². The number of anilines is 1. The van der Waals surface area contributed by atoms with Crippen LogP contribution in [-0.2, 0) is 13.1 Å². The number of nitrogens with one attached hydrogen (secondary N) is 2. The lowest BCUT2D eigenvalue weighted by Gasteiger charge is -2.37. The van der Waals surface area contributed by atoms with Crippen molar-refractivity contribution in [3.63, 3.8) is 0 Å². The molecular weight excluding hydrogens is 528 g/mol. The minimum absolute atomic E-state index is 0.137. The second kappa shape index (κ2) is 10.1. The largest absolute Gasteiger partial charge is 0.330 e. The maximum atomic E-state index is 14.3. The summed E-state index contributed by atoms with van der Waals surface area (Å²) in [6, 6.07) is 8.22. The van der Waals surface area contributed by atoms with Crippen LogP contribution in [0.2, 0.25) is 0 Å². The van der Waals surface area contributed by atoms with Gasteiger partial charge in [0, 0.05) is 23.5 Å². The summed E-state index contributed by atoms with van der Waals surface area (Å²) >= 11 is 0. The fourth-order valence-electron chi connectivity index (χ4n) is 4.77. The molecule has 0 radical (unpaired) electrons. The van der Waals surface area contributed by atoms with Gasteiger partial charge in [0.15, 0.2) is 17.4 Å². The van der Waals surface area contributed by atoms with Crippen molar-refractivity contribution in [2.24, 2.45) is 15.3 Å². The molecule has 40 heavy (non-hydrogen) atoms. The molecule has 14 heteroatoms. The molecule has 0 amide bonds. The van der Waals surface area contributed by atoms with E-state index in [0.717, 1.165) is 0 Å². The lowest BCUT2D eigenvalue weighted by Crippen LogP contribution is -2.60. The van der Waals surface area contributed by atoms with Crippen molar-refractivity contribution in [3.05, 3.63) is 94.8 Å². The predicted octanol–water partition coefficient (Wildman–Crippen LogP) is 4.33. The number of likely N-dealkylation sites (N-methyl/N-ethyl adjacent to an activating group) is 1. The fraction of sp³-hybridized carbons (Fsp3) is 0.231. The van der Waals surface area contributed by atoms with Crippen molar-refractivity contribution in [2.45, 2.75) is 31.8 Å². The first-order valence-electron chi connectivity index (χ1n) is 12.4. The highest BCUT2D eigenvalue weighted by Crippen LogP contribution is 2.36. The Hall–Kier alpha value is -4.72. The number of pyridine rings is 1. The standard InChI is InChI=1S/C26H22F4N10/c1-2-32-26(24-22(10-12-33-26)40(38-36-24)14-16-19(29)7-4-8-20(16)30)34-25-23-21(9-11-31-25)39(37-35-23)13-15-17(27)5-3-6-18(15)28/h3-12,24,32H,2,13-14H2,1H3,(H,31,34). The van der Waals surface area contributed by atoms with Crippen molar-refractivity contribution < 1.29 is 17.6 Å². The Balaban J connectivity index is 1.31. The van der Waals surface area contributed by atoms with Gasteiger partial charge in [-0.1, -0.05) is 29.5 Å². The van der Waals surface area contributed by atoms with Gasteiger partial charge >= 0.3 is 0 Å². The van der Waals surface area contributed by atoms with Crippen molar-refractivity contribution in [3.8, 4) is 0 Å². The van der Waals surface area contributed by atoms with Gasteiger partial charge in [-0.2, -0.15) is 5.11 Å². The average Bonchev–Trinajstić information content (AvgIpc) is 3.54. The monoisotopic (exact) mass is 550 g/mol. The smallest absolute Gasteiger partial charge is 0.216 e. The minimum Gasteiger partial charge on any atom is -0.330 e. The van der Waals surface area contributed by atoms with Crippen molar-refractivity contribution in [1.82, 2.24) is 30.3 Å². The Kier molecular flexibility index (Phi) is 6.46. The molecule has 4 heterocycles. The van der Waals surface area contributed by atoms with E-state index in [1.54, 1.807) is 18.4 Å². The molecule has 6 rings (SSSR count). The number of fused-ring (bicyclic) bond motifs is 2. The molecule has 2 aliphatic heterocycles. The molecular formula is C26H22F4N10. The SMILES string of the molecule is CCNC1(Nc2nccc3c2nnn3Cc2c(F)cccc2F)N=CC=C2C1N=NN2Cc1c(F)cccc1F. The maximum Gasteiger partial charge on any atom is 0.216 e. The highest BCUT2D eigenvalue weighted by molar-refractivity contribution is 5.86. The lowest BCUT2D eigenvalue weighted by molar-refractivity contribution is 0.308. The third-order valence-corrected chi connectivity index (χ3v) is 6.70. The zero-order valence-electron chi connectivity index (χ0n) is 21.1. The number of aromatic nitrogens is 4. The summed E-state index contributed by atoms with van der Waals surface area (Å²) in [7, 11) is 0. The van der Waals surface area contributed by atoms with Crippen LogP contribution in [0, 0.1) is 23.3 Å². The molecule has 2 aromatic heterocycles. The van der Waals surface area contributed by atoms with Crippen LogP contribution in [0.5, 0.6) is 0 Å². The number of benzene rings is 2. The number of rotatable bonds is 8. The molecule has 0 saturated carbocycles. The van der Waals surface area contributed by atoms with Crippen LogP contribution in [0.3, 0.4) is 0 Å². The second-order valence-corrected chi connectivity index (χ2v) is 9.13. The van der Waals surface area contributed by atoms with Crippen LogP contribution in [0.25, 0.3) is 11.0 Å². The van der Waals surface area contributed by atoms with Crippen molar-refractivity contribution >= 4 is 23.1 Å². The maximum absolute atomic E-state index is 14.3. The first-order valence-corrected chi connectivity index (χ1v) is 12.4. The summed E-state index contributed by atoms with van der Waals surface area (Å²) in [4.78, 5) is 9.04. The van der Waals surface area contributed by atoms with Gasteiger partial charge < -0.3 is 5.32 Å². The van der Waals surface area contributed by atoms with E-state index in [1.807, 2.05) is 6.92 Å². The summed E-state index contributed by atoms with van der Waals surface area (Å²) in [6.07, 6.45) is 4.73. The number of aliphatic imine (C=N–C) groups is 1. The van der Waals surface area contributed by atoms with E-state index in [-0.39, 0.29) is 30.0 Å². The fourth-order valence-corrected chi connectivity index (χ4v) is 4.77. The van der Waals surface area contributed by atoms with Gasteiger partial charge in [-0.15, -0.1) is 5.10 Å². The van der Waals surface area contributed by atoms with Crippen LogP contribution >= 0.6 is 0 Å². The van der Waals surface area contributed by atoms with E-state index < -0.39 is 35.1 Å². The molecule has 0 aliphatic carbocycles. The molecule has 204 valence electrons. The van der Waals surface area contributed by atoms with Gasteiger partial charge in [0.05, 0.1) is 24.3 Å². The first-order chi connectivity index (χ1) is 19.4. The molecule has 2 unspecified atom stereocenters. The van der Waals surface area contributed by atoms with Gasteiger partial charge in [-0.25, -0.2) is 37.2 Å². The molecule has 0 bridgehead atoms. The number of hydrogen-bond acceptors (Lipinski definition) is 9. The Morgan fingerprint density at radius 3 is 2.27 bits per heavy atom. The highest BCUT2D eigenvalue weighted by atomic mass is 19.1. The van der Waals surface area contributed by atoms with E-state index in [4.69, 9.17) is 0 Å². The Labute approximate surface area is 225 Å². The zero-order valence-corrected chi connectivity index (χ0v) is 21.1. The number of allylic oxidation sites excluding steroid dienone is 1. The normalized spacial score (nSPS) is 19.8. The Morgan fingerprint density at radius 2 is 1.60 bits per heavy atom. The molecule has 0 spiro atoms. The van der Waals surface area contributed by atoms with Gasteiger partial charge in [0.2, 0.25) is 5.79 Å². The molecule has 10 nitrogen and oxygen atoms in total. The summed E-state index contributed by atoms with van der Waals surface area (Å²) in [5.41, 5.74) is 1.09. The van der Waals surface area contributed by atoms with E-state index >= 15 is 0 Å². The van der Waals surface area contributed by atoms with Crippen molar-refractivity contribution in [2.75, 3.05) is 11.9 Å². The zero-order chi connectivity index (χ0) is 27.9. The van der Waals surface area contributed by atoms with Gasteiger partial charge in [0.25, 0.3) is 0 Å². The quantitative estimate of drug-likeness (QED) is 0.250. The van der Waals surface area contributed by atoms with Crippen molar-refractivity contribution in [1.29, 1.82) is 0 Å². The van der Waals surface area contributed by atoms with Crippen LogP contribution in [0.15, 0.2) is 75.8 Å². The van der Waals surface area contributed by atoms with E-state index in [2.05, 4.69) is 41.3 Å². The highest BCUT2D eigenvalue weighted by Gasteiger charge is 2.47. The van der Waals surface area contributed by atoms with Gasteiger partial charge in [-0.3, -0.25) is 5.32 Å². The molecule has 0 saturated heterocycles. The molecule has 2 aromatic carbocycles. The van der Waals surface area contributed by atoms with Crippen LogP contribution in [0.1, 0.15) is 18.1 Å². The Morgan fingerprint density at radius 1 is 0.925 bits per heavy atom. The first kappa shape index (κ1) is 25.6.